The summed E-state index contributed by atoms with van der Waals surface area (Å²) in [4.78, 5) is 22.0. The second-order valence-corrected chi connectivity index (χ2v) is 4.22. The standard InChI is InChI=1S/C14H19NO5/c1-10(14(18)15-9-3-4-13(16)17)20-12-7-5-11(19-2)6-8-12/h5-8,10H,3-4,9H2,1-2H3,(H,15,18)(H,16,17). The van der Waals surface area contributed by atoms with Crippen LogP contribution in [0.5, 0.6) is 11.5 Å². The minimum atomic E-state index is -0.873. The van der Waals surface area contributed by atoms with Crippen LogP contribution in [-0.2, 0) is 9.59 Å². The zero-order valence-corrected chi connectivity index (χ0v) is 11.6. The topological polar surface area (TPSA) is 84.9 Å². The van der Waals surface area contributed by atoms with E-state index >= 15 is 0 Å². The van der Waals surface area contributed by atoms with Crippen molar-refractivity contribution in [2.75, 3.05) is 13.7 Å². The number of hydrogen-bond acceptors (Lipinski definition) is 4. The molecule has 1 aromatic rings. The number of hydrogen-bond donors (Lipinski definition) is 2. The summed E-state index contributed by atoms with van der Waals surface area (Å²) in [7, 11) is 1.57. The van der Waals surface area contributed by atoms with Crippen LogP contribution in [0.3, 0.4) is 0 Å². The molecule has 20 heavy (non-hydrogen) atoms. The van der Waals surface area contributed by atoms with Crippen molar-refractivity contribution in [3.63, 3.8) is 0 Å². The molecule has 110 valence electrons. The Morgan fingerprint density at radius 3 is 2.40 bits per heavy atom. The number of amides is 1. The molecule has 0 bridgehead atoms. The van der Waals surface area contributed by atoms with Crippen molar-refractivity contribution >= 4 is 11.9 Å². The molecule has 1 amide bonds. The summed E-state index contributed by atoms with van der Waals surface area (Å²) in [5.41, 5.74) is 0. The number of carbonyl (C=O) groups excluding carboxylic acids is 1. The maximum Gasteiger partial charge on any atom is 0.303 e. The maximum atomic E-state index is 11.7. The van der Waals surface area contributed by atoms with Crippen molar-refractivity contribution in [1.29, 1.82) is 0 Å². The van der Waals surface area contributed by atoms with Crippen LogP contribution in [0.25, 0.3) is 0 Å². The molecule has 6 heteroatoms. The van der Waals surface area contributed by atoms with Crippen LogP contribution >= 0.6 is 0 Å². The fraction of sp³-hybridized carbons (Fsp3) is 0.429. The predicted octanol–water partition coefficient (Wildman–Crippen LogP) is 1.44. The Labute approximate surface area is 117 Å². The molecular formula is C14H19NO5. The summed E-state index contributed by atoms with van der Waals surface area (Å²) >= 11 is 0. The van der Waals surface area contributed by atoms with Crippen LogP contribution in [0.15, 0.2) is 24.3 Å². The molecule has 2 N–H and O–H groups in total. The van der Waals surface area contributed by atoms with E-state index in [2.05, 4.69) is 5.32 Å². The minimum Gasteiger partial charge on any atom is -0.497 e. The molecule has 0 aliphatic rings. The summed E-state index contributed by atoms with van der Waals surface area (Å²) in [6, 6.07) is 6.92. The molecule has 1 rings (SSSR count). The molecule has 0 fully saturated rings. The van der Waals surface area contributed by atoms with Gasteiger partial charge < -0.3 is 19.9 Å². The van der Waals surface area contributed by atoms with Gasteiger partial charge in [-0.15, -0.1) is 0 Å². The van der Waals surface area contributed by atoms with E-state index in [4.69, 9.17) is 14.6 Å². The Kier molecular flexibility index (Phi) is 6.36. The van der Waals surface area contributed by atoms with E-state index in [0.29, 0.717) is 24.5 Å². The third-order valence-electron chi connectivity index (χ3n) is 2.61. The van der Waals surface area contributed by atoms with Crippen molar-refractivity contribution in [1.82, 2.24) is 5.32 Å². The van der Waals surface area contributed by atoms with Gasteiger partial charge in [0.1, 0.15) is 11.5 Å². The lowest BCUT2D eigenvalue weighted by molar-refractivity contribution is -0.137. The van der Waals surface area contributed by atoms with E-state index in [1.54, 1.807) is 38.3 Å². The van der Waals surface area contributed by atoms with E-state index in [1.807, 2.05) is 0 Å². The van der Waals surface area contributed by atoms with Gasteiger partial charge in [-0.25, -0.2) is 0 Å². The molecule has 1 unspecified atom stereocenters. The van der Waals surface area contributed by atoms with E-state index in [-0.39, 0.29) is 12.3 Å². The van der Waals surface area contributed by atoms with Crippen LogP contribution in [0, 0.1) is 0 Å². The predicted molar refractivity (Wildman–Crippen MR) is 73.0 cm³/mol. The molecule has 0 aromatic heterocycles. The molecule has 1 aromatic carbocycles. The number of rotatable bonds is 8. The summed E-state index contributed by atoms with van der Waals surface area (Å²) in [6.45, 7) is 1.96. The zero-order valence-electron chi connectivity index (χ0n) is 11.6. The van der Waals surface area contributed by atoms with Gasteiger partial charge in [0, 0.05) is 13.0 Å². The Hall–Kier alpha value is -2.24. The average Bonchev–Trinajstić information content (AvgIpc) is 2.44. The molecule has 1 atom stereocenters. The summed E-state index contributed by atoms with van der Waals surface area (Å²) in [6.07, 6.45) is -0.210. The number of carboxylic acid groups (broad SMARTS) is 1. The van der Waals surface area contributed by atoms with Gasteiger partial charge in [-0.05, 0) is 37.6 Å². The summed E-state index contributed by atoms with van der Waals surface area (Å²) in [5, 5.41) is 11.1. The van der Waals surface area contributed by atoms with Crippen molar-refractivity contribution in [3.05, 3.63) is 24.3 Å². The van der Waals surface area contributed by atoms with Gasteiger partial charge in [0.25, 0.3) is 5.91 Å². The Bertz CT molecular complexity index is 443. The van der Waals surface area contributed by atoms with E-state index < -0.39 is 12.1 Å². The molecule has 6 nitrogen and oxygen atoms in total. The second-order valence-electron chi connectivity index (χ2n) is 4.22. The van der Waals surface area contributed by atoms with Gasteiger partial charge in [0.2, 0.25) is 0 Å². The Balaban J connectivity index is 2.34. The fourth-order valence-corrected chi connectivity index (χ4v) is 1.51. The number of benzene rings is 1. The number of nitrogens with one attached hydrogen (secondary N) is 1. The average molecular weight is 281 g/mol. The first kappa shape index (κ1) is 15.8. The Morgan fingerprint density at radius 2 is 1.85 bits per heavy atom. The highest BCUT2D eigenvalue weighted by molar-refractivity contribution is 5.80. The highest BCUT2D eigenvalue weighted by atomic mass is 16.5. The zero-order chi connectivity index (χ0) is 15.0. The molecule has 0 heterocycles. The van der Waals surface area contributed by atoms with Crippen LogP contribution in [0.1, 0.15) is 19.8 Å². The van der Waals surface area contributed by atoms with Gasteiger partial charge in [0.15, 0.2) is 6.10 Å². The molecule has 0 saturated carbocycles. The molecule has 0 aliphatic heterocycles. The van der Waals surface area contributed by atoms with Crippen molar-refractivity contribution in [2.45, 2.75) is 25.9 Å². The number of carbonyl (C=O) groups is 2. The highest BCUT2D eigenvalue weighted by Gasteiger charge is 2.14. The van der Waals surface area contributed by atoms with Gasteiger partial charge in [-0.2, -0.15) is 0 Å². The van der Waals surface area contributed by atoms with E-state index in [0.717, 1.165) is 0 Å². The van der Waals surface area contributed by atoms with Gasteiger partial charge in [-0.3, -0.25) is 9.59 Å². The minimum absolute atomic E-state index is 0.0357. The van der Waals surface area contributed by atoms with Crippen LogP contribution < -0.4 is 14.8 Å². The smallest absolute Gasteiger partial charge is 0.303 e. The lowest BCUT2D eigenvalue weighted by Gasteiger charge is -2.14. The molecular weight excluding hydrogens is 262 g/mol. The largest absolute Gasteiger partial charge is 0.497 e. The lowest BCUT2D eigenvalue weighted by atomic mass is 10.3. The first-order valence-corrected chi connectivity index (χ1v) is 6.33. The molecule has 0 aliphatic carbocycles. The van der Waals surface area contributed by atoms with Gasteiger partial charge in [-0.1, -0.05) is 0 Å². The van der Waals surface area contributed by atoms with Crippen LogP contribution in [0.2, 0.25) is 0 Å². The van der Waals surface area contributed by atoms with Gasteiger partial charge in [0.05, 0.1) is 7.11 Å². The third-order valence-corrected chi connectivity index (χ3v) is 2.61. The quantitative estimate of drug-likeness (QED) is 0.704. The van der Waals surface area contributed by atoms with E-state index in [1.165, 1.54) is 0 Å². The third kappa shape index (κ3) is 5.60. The van der Waals surface area contributed by atoms with Gasteiger partial charge >= 0.3 is 5.97 Å². The van der Waals surface area contributed by atoms with Crippen molar-refractivity contribution in [2.24, 2.45) is 0 Å². The monoisotopic (exact) mass is 281 g/mol. The second kappa shape index (κ2) is 8.04. The highest BCUT2D eigenvalue weighted by Crippen LogP contribution is 2.18. The number of aliphatic carboxylic acids is 1. The lowest BCUT2D eigenvalue weighted by Crippen LogP contribution is -2.36. The van der Waals surface area contributed by atoms with Crippen LogP contribution in [0.4, 0.5) is 0 Å². The fourth-order valence-electron chi connectivity index (χ4n) is 1.51. The molecule has 0 spiro atoms. The summed E-state index contributed by atoms with van der Waals surface area (Å²) < 4.78 is 10.5. The normalized spacial score (nSPS) is 11.5. The maximum absolute atomic E-state index is 11.7. The van der Waals surface area contributed by atoms with E-state index in [9.17, 15) is 9.59 Å². The number of methoxy groups -OCH3 is 1. The molecule has 0 saturated heterocycles. The Morgan fingerprint density at radius 1 is 1.25 bits per heavy atom. The SMILES string of the molecule is COc1ccc(OC(C)C(=O)NCCCC(=O)O)cc1. The summed E-state index contributed by atoms with van der Waals surface area (Å²) in [5.74, 6) is 0.134. The first-order valence-electron chi connectivity index (χ1n) is 6.33. The first-order chi connectivity index (χ1) is 9.52. The van der Waals surface area contributed by atoms with Crippen molar-refractivity contribution < 1.29 is 24.2 Å². The van der Waals surface area contributed by atoms with Crippen molar-refractivity contribution in [3.8, 4) is 11.5 Å². The number of ether oxygens (including phenoxy) is 2. The number of carboxylic acids is 1. The molecule has 0 radical (unpaired) electrons. The van der Waals surface area contributed by atoms with Crippen LogP contribution in [-0.4, -0.2) is 36.7 Å².